The number of carbonyl (C=O) groups excluding carboxylic acids is 2. The fraction of sp³-hybridized carbons (Fsp3) is 0.636. The van der Waals surface area contributed by atoms with E-state index >= 15 is 0 Å². The van der Waals surface area contributed by atoms with Gasteiger partial charge in [0.25, 0.3) is 11.8 Å². The second kappa shape index (κ2) is 4.35. The van der Waals surface area contributed by atoms with E-state index in [1.807, 2.05) is 0 Å². The third kappa shape index (κ3) is 1.88. The van der Waals surface area contributed by atoms with Gasteiger partial charge in [-0.05, 0) is 13.8 Å². The maximum atomic E-state index is 11.8. The van der Waals surface area contributed by atoms with Gasteiger partial charge in [0.1, 0.15) is 0 Å². The first kappa shape index (κ1) is 11.3. The highest BCUT2D eigenvalue weighted by molar-refractivity contribution is 6.18. The minimum atomic E-state index is -0.171. The molecule has 2 aliphatic rings. The minimum Gasteiger partial charge on any atom is -0.378 e. The van der Waals surface area contributed by atoms with Crippen LogP contribution in [0.25, 0.3) is 0 Å². The molecule has 16 heavy (non-hydrogen) atoms. The maximum absolute atomic E-state index is 11.8. The second-order valence-electron chi connectivity index (χ2n) is 4.20. The molecule has 1 unspecified atom stereocenters. The number of hydrogen-bond donors (Lipinski definition) is 1. The van der Waals surface area contributed by atoms with E-state index in [0.717, 1.165) is 6.54 Å². The topological polar surface area (TPSA) is 58.6 Å². The lowest BCUT2D eigenvalue weighted by Gasteiger charge is -2.27. The molecule has 0 spiro atoms. The van der Waals surface area contributed by atoms with Crippen molar-refractivity contribution in [3.63, 3.8) is 0 Å². The number of nitrogens with zero attached hydrogens (tertiary/aromatic N) is 1. The van der Waals surface area contributed by atoms with E-state index in [-0.39, 0.29) is 17.9 Å². The number of imide groups is 1. The Labute approximate surface area is 94.4 Å². The zero-order chi connectivity index (χ0) is 11.7. The molecule has 5 heteroatoms. The predicted octanol–water partition coefficient (Wildman–Crippen LogP) is -0.320. The Hall–Kier alpha value is -1.20. The predicted molar refractivity (Wildman–Crippen MR) is 57.7 cm³/mol. The Morgan fingerprint density at radius 1 is 1.31 bits per heavy atom. The number of nitrogens with one attached hydrogen (secondary N) is 1. The average molecular weight is 224 g/mol. The van der Waals surface area contributed by atoms with Gasteiger partial charge in [0.15, 0.2) is 0 Å². The van der Waals surface area contributed by atoms with Crippen molar-refractivity contribution in [2.75, 3.05) is 26.3 Å². The molecule has 1 fully saturated rings. The molecule has 2 rings (SSSR count). The fourth-order valence-electron chi connectivity index (χ4n) is 1.94. The molecule has 0 aliphatic carbocycles. The molecule has 2 amide bonds. The highest BCUT2D eigenvalue weighted by atomic mass is 16.5. The van der Waals surface area contributed by atoms with Gasteiger partial charge < -0.3 is 10.1 Å². The number of morpholine rings is 1. The standard InChI is InChI=1S/C11H16N2O3/c1-7-8(2)11(15)13(10(7)14)5-9-6-16-4-3-12-9/h9,12H,3-6H2,1-2H3. The Bertz CT molecular complexity index is 332. The Morgan fingerprint density at radius 2 is 1.94 bits per heavy atom. The summed E-state index contributed by atoms with van der Waals surface area (Å²) in [5.41, 5.74) is 1.11. The van der Waals surface area contributed by atoms with Gasteiger partial charge in [0, 0.05) is 30.3 Å². The maximum Gasteiger partial charge on any atom is 0.256 e. The van der Waals surface area contributed by atoms with Crippen LogP contribution in [-0.4, -0.2) is 49.1 Å². The van der Waals surface area contributed by atoms with Crippen LogP contribution in [0.1, 0.15) is 13.8 Å². The van der Waals surface area contributed by atoms with E-state index in [1.54, 1.807) is 13.8 Å². The summed E-state index contributed by atoms with van der Waals surface area (Å²) >= 11 is 0. The molecular formula is C11H16N2O3. The monoisotopic (exact) mass is 224 g/mol. The van der Waals surface area contributed by atoms with Crippen molar-refractivity contribution >= 4 is 11.8 Å². The lowest BCUT2D eigenvalue weighted by atomic mass is 10.2. The lowest BCUT2D eigenvalue weighted by molar-refractivity contribution is -0.138. The molecular weight excluding hydrogens is 208 g/mol. The molecule has 0 aromatic heterocycles. The van der Waals surface area contributed by atoms with Crippen molar-refractivity contribution in [2.24, 2.45) is 0 Å². The van der Waals surface area contributed by atoms with E-state index in [1.165, 1.54) is 4.90 Å². The summed E-state index contributed by atoms with van der Waals surface area (Å²) < 4.78 is 5.29. The summed E-state index contributed by atoms with van der Waals surface area (Å²) in [6.45, 7) is 5.79. The third-order valence-electron chi connectivity index (χ3n) is 3.10. The summed E-state index contributed by atoms with van der Waals surface area (Å²) in [5, 5.41) is 3.23. The molecule has 5 nitrogen and oxygen atoms in total. The molecule has 2 heterocycles. The van der Waals surface area contributed by atoms with E-state index in [0.29, 0.717) is 30.9 Å². The van der Waals surface area contributed by atoms with Crippen molar-refractivity contribution in [3.05, 3.63) is 11.1 Å². The van der Waals surface area contributed by atoms with Gasteiger partial charge >= 0.3 is 0 Å². The van der Waals surface area contributed by atoms with Gasteiger partial charge in [0.05, 0.1) is 13.2 Å². The van der Waals surface area contributed by atoms with Crippen LogP contribution in [0, 0.1) is 0 Å². The summed E-state index contributed by atoms with van der Waals surface area (Å²) in [6.07, 6.45) is 0. The van der Waals surface area contributed by atoms with Crippen LogP contribution in [0.3, 0.4) is 0 Å². The highest BCUT2D eigenvalue weighted by Gasteiger charge is 2.34. The largest absolute Gasteiger partial charge is 0.378 e. The van der Waals surface area contributed by atoms with Gasteiger partial charge in [-0.15, -0.1) is 0 Å². The van der Waals surface area contributed by atoms with Crippen LogP contribution in [-0.2, 0) is 14.3 Å². The first-order valence-electron chi connectivity index (χ1n) is 5.46. The van der Waals surface area contributed by atoms with E-state index in [9.17, 15) is 9.59 Å². The van der Waals surface area contributed by atoms with Crippen molar-refractivity contribution in [2.45, 2.75) is 19.9 Å². The zero-order valence-corrected chi connectivity index (χ0v) is 9.58. The first-order chi connectivity index (χ1) is 7.61. The van der Waals surface area contributed by atoms with Crippen molar-refractivity contribution < 1.29 is 14.3 Å². The molecule has 2 aliphatic heterocycles. The number of carbonyl (C=O) groups is 2. The number of ether oxygens (including phenoxy) is 1. The molecule has 0 radical (unpaired) electrons. The molecule has 0 saturated carbocycles. The van der Waals surface area contributed by atoms with Crippen LogP contribution < -0.4 is 5.32 Å². The van der Waals surface area contributed by atoms with Crippen molar-refractivity contribution in [1.29, 1.82) is 0 Å². The summed E-state index contributed by atoms with van der Waals surface area (Å²) in [4.78, 5) is 24.9. The Kier molecular flexibility index (Phi) is 3.07. The van der Waals surface area contributed by atoms with E-state index in [2.05, 4.69) is 5.32 Å². The molecule has 0 aromatic rings. The molecule has 0 bridgehead atoms. The molecule has 88 valence electrons. The molecule has 1 N–H and O–H groups in total. The molecule has 0 aromatic carbocycles. The summed E-state index contributed by atoms with van der Waals surface area (Å²) in [5.74, 6) is -0.343. The number of rotatable bonds is 2. The molecule has 1 atom stereocenters. The van der Waals surface area contributed by atoms with Gasteiger partial charge in [0.2, 0.25) is 0 Å². The van der Waals surface area contributed by atoms with E-state index < -0.39 is 0 Å². The summed E-state index contributed by atoms with van der Waals surface area (Å²) in [6, 6.07) is 0.0559. The SMILES string of the molecule is CC1=C(C)C(=O)N(CC2COCCN2)C1=O. The summed E-state index contributed by atoms with van der Waals surface area (Å²) in [7, 11) is 0. The smallest absolute Gasteiger partial charge is 0.256 e. The quantitative estimate of drug-likeness (QED) is 0.653. The van der Waals surface area contributed by atoms with Crippen LogP contribution >= 0.6 is 0 Å². The Morgan fingerprint density at radius 3 is 2.44 bits per heavy atom. The van der Waals surface area contributed by atoms with Gasteiger partial charge in [-0.2, -0.15) is 0 Å². The van der Waals surface area contributed by atoms with Gasteiger partial charge in [-0.3, -0.25) is 14.5 Å². The van der Waals surface area contributed by atoms with E-state index in [4.69, 9.17) is 4.74 Å². The minimum absolute atomic E-state index is 0.0559. The first-order valence-corrected chi connectivity index (χ1v) is 5.46. The lowest BCUT2D eigenvalue weighted by Crippen LogP contribution is -2.50. The Balaban J connectivity index is 2.01. The molecule has 1 saturated heterocycles. The van der Waals surface area contributed by atoms with Gasteiger partial charge in [-0.1, -0.05) is 0 Å². The van der Waals surface area contributed by atoms with Crippen molar-refractivity contribution in [3.8, 4) is 0 Å². The van der Waals surface area contributed by atoms with Crippen molar-refractivity contribution in [1.82, 2.24) is 10.2 Å². The van der Waals surface area contributed by atoms with Crippen LogP contribution in [0.15, 0.2) is 11.1 Å². The highest BCUT2D eigenvalue weighted by Crippen LogP contribution is 2.19. The van der Waals surface area contributed by atoms with Gasteiger partial charge in [-0.25, -0.2) is 0 Å². The van der Waals surface area contributed by atoms with Crippen LogP contribution in [0.4, 0.5) is 0 Å². The number of hydrogen-bond acceptors (Lipinski definition) is 4. The average Bonchev–Trinajstić information content (AvgIpc) is 2.48. The fourth-order valence-corrected chi connectivity index (χ4v) is 1.94. The normalized spacial score (nSPS) is 26.9. The number of amides is 2. The zero-order valence-electron chi connectivity index (χ0n) is 9.58. The van der Waals surface area contributed by atoms with Crippen LogP contribution in [0.2, 0.25) is 0 Å². The third-order valence-corrected chi connectivity index (χ3v) is 3.10. The second-order valence-corrected chi connectivity index (χ2v) is 4.20. The van der Waals surface area contributed by atoms with Crippen LogP contribution in [0.5, 0.6) is 0 Å².